The molecule has 1 heterocycles. The predicted octanol–water partition coefficient (Wildman–Crippen LogP) is 1.69. The summed E-state index contributed by atoms with van der Waals surface area (Å²) in [6.07, 6.45) is 9.76. The third kappa shape index (κ3) is 2.96. The van der Waals surface area contributed by atoms with Crippen molar-refractivity contribution in [2.45, 2.75) is 75.8 Å². The molecule has 1 spiro atoms. The SMILES string of the molecule is O=C(CN1C(=O)NC2(CCCCCC2)C1=O)NC1CCCC1. The fourth-order valence-corrected chi connectivity index (χ4v) is 3.98. The molecule has 0 radical (unpaired) electrons. The van der Waals surface area contributed by atoms with Gasteiger partial charge in [-0.25, -0.2) is 4.79 Å². The smallest absolute Gasteiger partial charge is 0.325 e. The van der Waals surface area contributed by atoms with Gasteiger partial charge >= 0.3 is 6.03 Å². The minimum absolute atomic E-state index is 0.150. The van der Waals surface area contributed by atoms with Crippen LogP contribution < -0.4 is 10.6 Å². The number of hydrogen-bond donors (Lipinski definition) is 2. The lowest BCUT2D eigenvalue weighted by Gasteiger charge is -2.24. The first kappa shape index (κ1) is 15.3. The third-order valence-electron chi connectivity index (χ3n) is 5.23. The molecular formula is C16H25N3O3. The van der Waals surface area contributed by atoms with Crippen molar-refractivity contribution in [2.24, 2.45) is 0 Å². The van der Waals surface area contributed by atoms with Crippen molar-refractivity contribution in [1.82, 2.24) is 15.5 Å². The van der Waals surface area contributed by atoms with Crippen LogP contribution in [0.25, 0.3) is 0 Å². The van der Waals surface area contributed by atoms with E-state index in [4.69, 9.17) is 0 Å². The van der Waals surface area contributed by atoms with Gasteiger partial charge in [0.05, 0.1) is 0 Å². The molecule has 1 saturated heterocycles. The summed E-state index contributed by atoms with van der Waals surface area (Å²) in [5.74, 6) is -0.429. The maximum atomic E-state index is 12.7. The summed E-state index contributed by atoms with van der Waals surface area (Å²) in [4.78, 5) is 38.0. The Labute approximate surface area is 131 Å². The lowest BCUT2D eigenvalue weighted by Crippen LogP contribution is -2.47. The van der Waals surface area contributed by atoms with Gasteiger partial charge in [0.2, 0.25) is 5.91 Å². The van der Waals surface area contributed by atoms with E-state index < -0.39 is 11.6 Å². The number of carbonyl (C=O) groups is 3. The number of rotatable bonds is 3. The standard InChI is InChI=1S/C16H25N3O3/c20-13(17-12-7-3-4-8-12)11-19-14(21)16(18-15(19)22)9-5-1-2-6-10-16/h12H,1-11H2,(H,17,20)(H,18,22). The first-order valence-electron chi connectivity index (χ1n) is 8.54. The van der Waals surface area contributed by atoms with E-state index in [-0.39, 0.29) is 24.4 Å². The molecule has 3 aliphatic rings. The van der Waals surface area contributed by atoms with Gasteiger partial charge in [0, 0.05) is 6.04 Å². The minimum Gasteiger partial charge on any atom is -0.352 e. The zero-order valence-corrected chi connectivity index (χ0v) is 13.0. The van der Waals surface area contributed by atoms with Crippen LogP contribution in [0.15, 0.2) is 0 Å². The fourth-order valence-electron chi connectivity index (χ4n) is 3.98. The predicted molar refractivity (Wildman–Crippen MR) is 81.1 cm³/mol. The van der Waals surface area contributed by atoms with Gasteiger partial charge in [-0.15, -0.1) is 0 Å². The average Bonchev–Trinajstić information content (AvgIpc) is 2.97. The quantitative estimate of drug-likeness (QED) is 0.779. The number of nitrogens with one attached hydrogen (secondary N) is 2. The van der Waals surface area contributed by atoms with Crippen molar-refractivity contribution in [3.8, 4) is 0 Å². The molecule has 0 aromatic carbocycles. The number of amides is 4. The van der Waals surface area contributed by atoms with Crippen LogP contribution >= 0.6 is 0 Å². The van der Waals surface area contributed by atoms with Crippen LogP contribution in [0.2, 0.25) is 0 Å². The van der Waals surface area contributed by atoms with Crippen LogP contribution in [0.1, 0.15) is 64.2 Å². The second kappa shape index (κ2) is 6.26. The summed E-state index contributed by atoms with van der Waals surface area (Å²) >= 11 is 0. The van der Waals surface area contributed by atoms with E-state index in [0.29, 0.717) is 12.8 Å². The van der Waals surface area contributed by atoms with Gasteiger partial charge in [-0.3, -0.25) is 14.5 Å². The Kier molecular flexibility index (Phi) is 4.36. The molecule has 0 aromatic rings. The molecule has 0 bridgehead atoms. The van der Waals surface area contributed by atoms with Gasteiger partial charge in [-0.1, -0.05) is 38.5 Å². The van der Waals surface area contributed by atoms with Crippen molar-refractivity contribution < 1.29 is 14.4 Å². The van der Waals surface area contributed by atoms with Gasteiger partial charge in [0.1, 0.15) is 12.1 Å². The van der Waals surface area contributed by atoms with Gasteiger partial charge < -0.3 is 10.6 Å². The van der Waals surface area contributed by atoms with E-state index in [1.807, 2.05) is 0 Å². The molecule has 0 atom stereocenters. The first-order valence-corrected chi connectivity index (χ1v) is 8.54. The summed E-state index contributed by atoms with van der Waals surface area (Å²) in [7, 11) is 0. The normalized spacial score (nSPS) is 25.4. The van der Waals surface area contributed by atoms with E-state index in [0.717, 1.165) is 56.3 Å². The van der Waals surface area contributed by atoms with E-state index in [1.54, 1.807) is 0 Å². The highest BCUT2D eigenvalue weighted by Crippen LogP contribution is 2.32. The Hall–Kier alpha value is -1.59. The second-order valence-corrected chi connectivity index (χ2v) is 6.87. The van der Waals surface area contributed by atoms with Crippen molar-refractivity contribution in [3.63, 3.8) is 0 Å². The lowest BCUT2D eigenvalue weighted by atomic mass is 9.90. The Morgan fingerprint density at radius 1 is 1.09 bits per heavy atom. The summed E-state index contributed by atoms with van der Waals surface area (Å²) in [6.45, 7) is -0.150. The molecule has 1 aliphatic heterocycles. The molecule has 6 heteroatoms. The fraction of sp³-hybridized carbons (Fsp3) is 0.812. The summed E-state index contributed by atoms with van der Waals surface area (Å²) in [6, 6.07) is -0.200. The highest BCUT2D eigenvalue weighted by molar-refractivity contribution is 6.09. The highest BCUT2D eigenvalue weighted by Gasteiger charge is 2.51. The molecule has 122 valence electrons. The van der Waals surface area contributed by atoms with Gasteiger partial charge in [0.15, 0.2) is 0 Å². The molecule has 3 fully saturated rings. The van der Waals surface area contributed by atoms with Gasteiger partial charge in [-0.05, 0) is 25.7 Å². The Balaban J connectivity index is 1.62. The number of carbonyl (C=O) groups excluding carboxylic acids is 3. The molecule has 0 unspecified atom stereocenters. The van der Waals surface area contributed by atoms with Gasteiger partial charge in [-0.2, -0.15) is 0 Å². The Morgan fingerprint density at radius 2 is 1.73 bits per heavy atom. The topological polar surface area (TPSA) is 78.5 Å². The van der Waals surface area contributed by atoms with Crippen LogP contribution in [0, 0.1) is 0 Å². The molecule has 0 aromatic heterocycles. The largest absolute Gasteiger partial charge is 0.352 e. The number of hydrogen-bond acceptors (Lipinski definition) is 3. The molecule has 2 aliphatic carbocycles. The average molecular weight is 307 g/mol. The summed E-state index contributed by atoms with van der Waals surface area (Å²) in [5.41, 5.74) is -0.749. The number of nitrogens with zero attached hydrogens (tertiary/aromatic N) is 1. The molecule has 2 N–H and O–H groups in total. The first-order chi connectivity index (χ1) is 10.6. The molecular weight excluding hydrogens is 282 g/mol. The number of urea groups is 1. The van der Waals surface area contributed by atoms with Gasteiger partial charge in [0.25, 0.3) is 5.91 Å². The van der Waals surface area contributed by atoms with Crippen molar-refractivity contribution in [1.29, 1.82) is 0 Å². The van der Waals surface area contributed by atoms with Crippen LogP contribution in [0.4, 0.5) is 4.79 Å². The monoisotopic (exact) mass is 307 g/mol. The summed E-state index contributed by atoms with van der Waals surface area (Å²) < 4.78 is 0. The van der Waals surface area contributed by atoms with Crippen LogP contribution in [0.5, 0.6) is 0 Å². The lowest BCUT2D eigenvalue weighted by molar-refractivity contribution is -0.135. The molecule has 4 amide bonds. The number of imide groups is 1. The molecule has 6 nitrogen and oxygen atoms in total. The maximum Gasteiger partial charge on any atom is 0.325 e. The third-order valence-corrected chi connectivity index (χ3v) is 5.23. The molecule has 22 heavy (non-hydrogen) atoms. The van der Waals surface area contributed by atoms with Crippen LogP contribution in [-0.2, 0) is 9.59 Å². The Morgan fingerprint density at radius 3 is 2.36 bits per heavy atom. The Bertz CT molecular complexity index is 463. The van der Waals surface area contributed by atoms with E-state index in [9.17, 15) is 14.4 Å². The van der Waals surface area contributed by atoms with Crippen molar-refractivity contribution in [2.75, 3.05) is 6.54 Å². The maximum absolute atomic E-state index is 12.7. The van der Waals surface area contributed by atoms with E-state index >= 15 is 0 Å². The zero-order valence-electron chi connectivity index (χ0n) is 13.0. The summed E-state index contributed by atoms with van der Waals surface area (Å²) in [5, 5.41) is 5.80. The van der Waals surface area contributed by atoms with Crippen LogP contribution in [0.3, 0.4) is 0 Å². The molecule has 2 saturated carbocycles. The van der Waals surface area contributed by atoms with Crippen LogP contribution in [-0.4, -0.2) is 40.9 Å². The zero-order chi connectivity index (χ0) is 15.6. The van der Waals surface area contributed by atoms with Crippen molar-refractivity contribution >= 4 is 17.8 Å². The van der Waals surface area contributed by atoms with E-state index in [1.165, 1.54) is 0 Å². The molecule has 3 rings (SSSR count). The highest BCUT2D eigenvalue weighted by atomic mass is 16.2. The van der Waals surface area contributed by atoms with E-state index in [2.05, 4.69) is 10.6 Å². The minimum atomic E-state index is -0.749. The second-order valence-electron chi connectivity index (χ2n) is 6.87. The van der Waals surface area contributed by atoms with Crippen molar-refractivity contribution in [3.05, 3.63) is 0 Å².